The van der Waals surface area contributed by atoms with Gasteiger partial charge in [0.25, 0.3) is 0 Å². The predicted octanol–water partition coefficient (Wildman–Crippen LogP) is 6.34. The van der Waals surface area contributed by atoms with E-state index in [1.54, 1.807) is 0 Å². The molecule has 0 N–H and O–H groups in total. The van der Waals surface area contributed by atoms with E-state index in [1.165, 1.54) is 38.5 Å². The Morgan fingerprint density at radius 3 is 2.07 bits per heavy atom. The zero-order valence-corrected chi connectivity index (χ0v) is 20.1. The molecule has 8 atom stereocenters. The zero-order valence-electron chi connectivity index (χ0n) is 20.1. The number of carbonyl (C=O) groups is 2. The van der Waals surface area contributed by atoms with Crippen molar-refractivity contribution in [1.82, 2.24) is 0 Å². The summed E-state index contributed by atoms with van der Waals surface area (Å²) in [7, 11) is 0. The molecule has 0 spiro atoms. The smallest absolute Gasteiger partial charge is 0.306 e. The molecular weight excluding hydrogens is 372 g/mol. The lowest BCUT2D eigenvalue weighted by Gasteiger charge is -2.69. The second-order valence-corrected chi connectivity index (χ2v) is 13.2. The third-order valence-corrected chi connectivity index (χ3v) is 12.1. The number of cyclic esters (lactones) is 1. The number of ether oxygens (including phenoxy) is 1. The molecule has 5 fully saturated rings. The van der Waals surface area contributed by atoms with E-state index in [0.717, 1.165) is 19.3 Å². The molecule has 168 valence electrons. The summed E-state index contributed by atoms with van der Waals surface area (Å²) in [4.78, 5) is 24.8. The molecule has 0 aromatic carbocycles. The molecule has 3 nitrogen and oxygen atoms in total. The molecule has 4 saturated carbocycles. The summed E-state index contributed by atoms with van der Waals surface area (Å²) >= 11 is 0. The monoisotopic (exact) mass is 414 g/mol. The van der Waals surface area contributed by atoms with Gasteiger partial charge < -0.3 is 4.74 Å². The topological polar surface area (TPSA) is 43.4 Å². The Morgan fingerprint density at radius 2 is 1.40 bits per heavy atom. The van der Waals surface area contributed by atoms with E-state index in [1.807, 2.05) is 0 Å². The molecule has 30 heavy (non-hydrogen) atoms. The summed E-state index contributed by atoms with van der Waals surface area (Å²) in [6.07, 6.45) is 10.8. The molecule has 5 rings (SSSR count). The molecule has 0 aromatic rings. The molecule has 4 aliphatic carbocycles. The van der Waals surface area contributed by atoms with Crippen LogP contribution in [0.1, 0.15) is 106 Å². The van der Waals surface area contributed by atoms with Crippen LogP contribution in [0.4, 0.5) is 0 Å². The van der Waals surface area contributed by atoms with E-state index in [4.69, 9.17) is 4.74 Å². The summed E-state index contributed by atoms with van der Waals surface area (Å²) in [6, 6.07) is 0. The molecule has 1 saturated heterocycles. The van der Waals surface area contributed by atoms with Crippen LogP contribution in [0.3, 0.4) is 0 Å². The van der Waals surface area contributed by atoms with Crippen LogP contribution in [0.2, 0.25) is 0 Å². The van der Waals surface area contributed by atoms with Crippen LogP contribution in [0.25, 0.3) is 0 Å². The van der Waals surface area contributed by atoms with Gasteiger partial charge in [-0.05, 0) is 92.3 Å². The number of rotatable bonds is 1. The quantitative estimate of drug-likeness (QED) is 0.470. The highest BCUT2D eigenvalue weighted by Gasteiger charge is 2.70. The van der Waals surface area contributed by atoms with Crippen molar-refractivity contribution in [3.63, 3.8) is 0 Å². The van der Waals surface area contributed by atoms with Crippen molar-refractivity contribution >= 4 is 11.8 Å². The second kappa shape index (κ2) is 6.13. The predicted molar refractivity (Wildman–Crippen MR) is 118 cm³/mol. The summed E-state index contributed by atoms with van der Waals surface area (Å²) < 4.78 is 5.96. The Kier molecular flexibility index (Phi) is 4.29. The maximum absolute atomic E-state index is 12.8. The lowest BCUT2D eigenvalue weighted by atomic mass is 9.35. The van der Waals surface area contributed by atoms with Gasteiger partial charge in [0, 0.05) is 24.2 Å². The van der Waals surface area contributed by atoms with E-state index >= 15 is 0 Å². The Morgan fingerprint density at radius 1 is 0.700 bits per heavy atom. The van der Waals surface area contributed by atoms with Gasteiger partial charge in [0.1, 0.15) is 11.4 Å². The molecular formula is C27H42O3. The van der Waals surface area contributed by atoms with Crippen molar-refractivity contribution < 1.29 is 14.3 Å². The molecule has 0 radical (unpaired) electrons. The van der Waals surface area contributed by atoms with Gasteiger partial charge in [-0.2, -0.15) is 0 Å². The lowest BCUT2D eigenvalue weighted by Crippen LogP contribution is -2.63. The zero-order chi connectivity index (χ0) is 21.7. The molecule has 0 amide bonds. The Bertz CT molecular complexity index is 785. The largest absolute Gasteiger partial charge is 0.459 e. The van der Waals surface area contributed by atoms with Crippen molar-refractivity contribution in [1.29, 1.82) is 0 Å². The average molecular weight is 415 g/mol. The first kappa shape index (κ1) is 21.0. The highest BCUT2D eigenvalue weighted by Crippen LogP contribution is 2.75. The molecule has 0 unspecified atom stereocenters. The third kappa shape index (κ3) is 2.39. The van der Waals surface area contributed by atoms with Crippen molar-refractivity contribution in [3.05, 3.63) is 0 Å². The van der Waals surface area contributed by atoms with Crippen LogP contribution in [-0.2, 0) is 14.3 Å². The van der Waals surface area contributed by atoms with Crippen LogP contribution in [-0.4, -0.2) is 17.4 Å². The Balaban J connectivity index is 1.50. The molecule has 1 heterocycles. The number of fused-ring (bicyclic) bond motifs is 5. The van der Waals surface area contributed by atoms with E-state index < -0.39 is 0 Å². The van der Waals surface area contributed by atoms with Crippen molar-refractivity contribution in [2.24, 2.45) is 45.3 Å². The van der Waals surface area contributed by atoms with E-state index in [0.29, 0.717) is 46.7 Å². The maximum atomic E-state index is 12.8. The highest BCUT2D eigenvalue weighted by atomic mass is 16.6. The SMILES string of the molecule is CC1(C)C(=O)CC[C@]2(C)[C@@H]1CC[C@@]1(C)[C@H]2CC[C@H]2[C@H]([C@@]3(C)CCC(=O)O3)CC[C@@]21C. The molecule has 0 bridgehead atoms. The van der Waals surface area contributed by atoms with Gasteiger partial charge >= 0.3 is 5.97 Å². The van der Waals surface area contributed by atoms with Gasteiger partial charge in [0.05, 0.1) is 0 Å². The van der Waals surface area contributed by atoms with Gasteiger partial charge in [-0.15, -0.1) is 0 Å². The molecule has 5 aliphatic rings. The normalized spacial score (nSPS) is 54.9. The average Bonchev–Trinajstić information content (AvgIpc) is 3.20. The number of hydrogen-bond acceptors (Lipinski definition) is 3. The van der Waals surface area contributed by atoms with Crippen LogP contribution in [0, 0.1) is 45.3 Å². The fraction of sp³-hybridized carbons (Fsp3) is 0.926. The van der Waals surface area contributed by atoms with Gasteiger partial charge in [0.2, 0.25) is 0 Å². The standard InChI is InChI=1S/C27H42O3/c1-23(2)19-10-15-26(5)20(24(19,3)13-11-21(23)28)8-7-17-18(9-14-25(17,26)4)27(6)16-12-22(29)30-27/h17-20H,7-16H2,1-6H3/t17-,18+,19+,20-,24+,25-,26-,27+/m0/s1. The van der Waals surface area contributed by atoms with Crippen molar-refractivity contribution in [2.75, 3.05) is 0 Å². The minimum absolute atomic E-state index is 0.00752. The van der Waals surface area contributed by atoms with Gasteiger partial charge in [-0.1, -0.05) is 34.6 Å². The summed E-state index contributed by atoms with van der Waals surface area (Å²) in [6.45, 7) is 14.4. The number of carbonyl (C=O) groups excluding carboxylic acids is 2. The van der Waals surface area contributed by atoms with Crippen LogP contribution in [0.5, 0.6) is 0 Å². The Labute approximate surface area is 183 Å². The van der Waals surface area contributed by atoms with Gasteiger partial charge in [0.15, 0.2) is 0 Å². The van der Waals surface area contributed by atoms with Crippen molar-refractivity contribution in [3.8, 4) is 0 Å². The minimum atomic E-state index is -0.247. The fourth-order valence-corrected chi connectivity index (χ4v) is 10.2. The van der Waals surface area contributed by atoms with Crippen LogP contribution < -0.4 is 0 Å². The van der Waals surface area contributed by atoms with Crippen molar-refractivity contribution in [2.45, 2.75) is 111 Å². The van der Waals surface area contributed by atoms with E-state index in [-0.39, 0.29) is 22.4 Å². The fourth-order valence-electron chi connectivity index (χ4n) is 10.2. The summed E-state index contributed by atoms with van der Waals surface area (Å²) in [5, 5.41) is 0. The van der Waals surface area contributed by atoms with Gasteiger partial charge in [-0.25, -0.2) is 0 Å². The molecule has 0 aromatic heterocycles. The van der Waals surface area contributed by atoms with Crippen LogP contribution in [0.15, 0.2) is 0 Å². The third-order valence-electron chi connectivity index (χ3n) is 12.1. The van der Waals surface area contributed by atoms with Crippen LogP contribution >= 0.6 is 0 Å². The maximum Gasteiger partial charge on any atom is 0.306 e. The number of Topliss-reactive ketones (excluding diaryl/α,β-unsaturated/α-hetero) is 1. The second-order valence-electron chi connectivity index (χ2n) is 13.2. The number of esters is 1. The highest BCUT2D eigenvalue weighted by molar-refractivity contribution is 5.85. The summed E-state index contributed by atoms with van der Waals surface area (Å²) in [5.74, 6) is 2.90. The first-order valence-corrected chi connectivity index (χ1v) is 12.6. The minimum Gasteiger partial charge on any atom is -0.459 e. The first-order chi connectivity index (χ1) is 13.9. The molecule has 3 heteroatoms. The molecule has 1 aliphatic heterocycles. The number of hydrogen-bond donors (Lipinski definition) is 0. The summed E-state index contributed by atoms with van der Waals surface area (Å²) in [5.41, 5.74) is 0.503. The first-order valence-electron chi connectivity index (χ1n) is 12.6. The van der Waals surface area contributed by atoms with Gasteiger partial charge in [-0.3, -0.25) is 9.59 Å². The van der Waals surface area contributed by atoms with E-state index in [9.17, 15) is 9.59 Å². The number of ketones is 1. The Hall–Kier alpha value is -0.860. The lowest BCUT2D eigenvalue weighted by molar-refractivity contribution is -0.207. The van der Waals surface area contributed by atoms with E-state index in [2.05, 4.69) is 41.5 Å².